The van der Waals surface area contributed by atoms with Gasteiger partial charge in [-0.25, -0.2) is 4.79 Å². The molecule has 0 bridgehead atoms. The number of amidine groups is 1. The predicted octanol–water partition coefficient (Wildman–Crippen LogP) is 4.26. The number of anilines is 2. The van der Waals surface area contributed by atoms with E-state index in [1.165, 1.54) is 0 Å². The van der Waals surface area contributed by atoms with E-state index in [0.29, 0.717) is 18.2 Å². The summed E-state index contributed by atoms with van der Waals surface area (Å²) in [5, 5.41) is 14.5. The second kappa shape index (κ2) is 12.3. The second-order valence-electron chi connectivity index (χ2n) is 7.67. The van der Waals surface area contributed by atoms with Crippen LogP contribution in [0.2, 0.25) is 0 Å². The van der Waals surface area contributed by atoms with Gasteiger partial charge in [0.2, 0.25) is 0 Å². The summed E-state index contributed by atoms with van der Waals surface area (Å²) in [6.45, 7) is 5.74. The molecule has 5 N–H and O–H groups in total. The Kier molecular flexibility index (Phi) is 9.81. The normalized spacial score (nSPS) is 14.7. The number of aryl methyl sites for hydroxylation is 1. The molecule has 2 aromatic carbocycles. The zero-order valence-electron chi connectivity index (χ0n) is 18.6. The maximum Gasteiger partial charge on any atom is 0.333 e. The molecule has 32 heavy (non-hydrogen) atoms. The largest absolute Gasteiger partial charge is 0.464 e. The maximum absolute atomic E-state index is 12.8. The fourth-order valence-corrected chi connectivity index (χ4v) is 3.67. The van der Waals surface area contributed by atoms with Crippen molar-refractivity contribution in [1.82, 2.24) is 0 Å². The van der Waals surface area contributed by atoms with Crippen LogP contribution < -0.4 is 16.4 Å². The van der Waals surface area contributed by atoms with Crippen LogP contribution in [0.5, 0.6) is 0 Å². The Balaban J connectivity index is 0.00000363. The van der Waals surface area contributed by atoms with Crippen LogP contribution in [0.15, 0.2) is 42.5 Å². The first kappa shape index (κ1) is 25.5. The lowest BCUT2D eigenvalue weighted by molar-refractivity contribution is -0.144. The number of carbonyl (C=O) groups is 1. The van der Waals surface area contributed by atoms with Crippen molar-refractivity contribution in [2.75, 3.05) is 30.5 Å². The summed E-state index contributed by atoms with van der Waals surface area (Å²) in [5.74, 6) is -0.323. The predicted molar refractivity (Wildman–Crippen MR) is 131 cm³/mol. The van der Waals surface area contributed by atoms with Gasteiger partial charge in [-0.05, 0) is 73.7 Å². The first-order valence-electron chi connectivity index (χ1n) is 10.9. The Morgan fingerprint density at radius 1 is 1.16 bits per heavy atom. The Morgan fingerprint density at radius 2 is 1.84 bits per heavy atom. The van der Waals surface area contributed by atoms with Gasteiger partial charge in [0.1, 0.15) is 5.84 Å². The lowest BCUT2D eigenvalue weighted by atomic mass is 10.00. The SMILES string of the molecule is CCOC(=O)C(Nc1ccc(C(=N)N)cc1)c1cc(CC)cc(NC2CCOCC2)c1.Cl. The molecule has 3 rings (SSSR count). The molecule has 0 radical (unpaired) electrons. The van der Waals surface area contributed by atoms with Gasteiger partial charge in [-0.3, -0.25) is 5.41 Å². The van der Waals surface area contributed by atoms with Gasteiger partial charge in [0, 0.05) is 36.2 Å². The standard InChI is InChI=1S/C24H32N4O3.ClH/c1-3-16-13-18(15-21(14-16)27-20-9-11-30-12-10-20)22(24(29)31-4-2)28-19-7-5-17(6-8-19)23(25)26;/h5-8,13-15,20,22,27-28H,3-4,9-12H2,1-2H3,(H3,25,26);1H. The number of halogens is 1. The van der Waals surface area contributed by atoms with E-state index in [2.05, 4.69) is 23.6 Å². The summed E-state index contributed by atoms with van der Waals surface area (Å²) in [7, 11) is 0. The van der Waals surface area contributed by atoms with E-state index in [9.17, 15) is 4.79 Å². The molecule has 1 aliphatic rings. The third-order valence-electron chi connectivity index (χ3n) is 5.38. The molecule has 1 heterocycles. The molecular weight excluding hydrogens is 428 g/mol. The molecule has 1 fully saturated rings. The number of nitrogen functional groups attached to an aromatic ring is 1. The van der Waals surface area contributed by atoms with E-state index >= 15 is 0 Å². The molecule has 7 nitrogen and oxygen atoms in total. The molecule has 174 valence electrons. The molecule has 1 saturated heterocycles. The van der Waals surface area contributed by atoms with Crippen LogP contribution in [0.3, 0.4) is 0 Å². The summed E-state index contributed by atoms with van der Waals surface area (Å²) >= 11 is 0. The van der Waals surface area contributed by atoms with Gasteiger partial charge in [-0.15, -0.1) is 12.4 Å². The molecule has 0 spiro atoms. The molecule has 2 aromatic rings. The minimum absolute atomic E-state index is 0. The number of hydrogen-bond acceptors (Lipinski definition) is 6. The Hall–Kier alpha value is -2.77. The van der Waals surface area contributed by atoms with Gasteiger partial charge in [-0.2, -0.15) is 0 Å². The molecule has 0 saturated carbocycles. The zero-order chi connectivity index (χ0) is 22.2. The van der Waals surface area contributed by atoms with Gasteiger partial charge in [0.25, 0.3) is 0 Å². The van der Waals surface area contributed by atoms with Crippen molar-refractivity contribution in [3.8, 4) is 0 Å². The number of hydrogen-bond donors (Lipinski definition) is 4. The van der Waals surface area contributed by atoms with E-state index < -0.39 is 6.04 Å². The third-order valence-corrected chi connectivity index (χ3v) is 5.38. The first-order valence-corrected chi connectivity index (χ1v) is 10.9. The fraction of sp³-hybridized carbons (Fsp3) is 0.417. The minimum atomic E-state index is -0.648. The summed E-state index contributed by atoms with van der Waals surface area (Å²) in [6.07, 6.45) is 2.79. The van der Waals surface area contributed by atoms with Crippen molar-refractivity contribution in [3.05, 3.63) is 59.2 Å². The molecule has 8 heteroatoms. The Morgan fingerprint density at radius 3 is 2.44 bits per heavy atom. The number of carbonyl (C=O) groups excluding carboxylic acids is 1. The zero-order valence-corrected chi connectivity index (χ0v) is 19.5. The smallest absolute Gasteiger partial charge is 0.333 e. The minimum Gasteiger partial charge on any atom is -0.464 e. The Bertz CT molecular complexity index is 899. The number of nitrogens with two attached hydrogens (primary N) is 1. The van der Waals surface area contributed by atoms with Crippen LogP contribution in [0.1, 0.15) is 49.4 Å². The topological polar surface area (TPSA) is 109 Å². The van der Waals surface area contributed by atoms with E-state index in [0.717, 1.165) is 55.0 Å². The summed E-state index contributed by atoms with van der Waals surface area (Å²) < 4.78 is 10.8. The highest BCUT2D eigenvalue weighted by molar-refractivity contribution is 5.95. The molecule has 0 aromatic heterocycles. The van der Waals surface area contributed by atoms with E-state index in [1.54, 1.807) is 19.1 Å². The van der Waals surface area contributed by atoms with Crippen LogP contribution in [0.4, 0.5) is 11.4 Å². The van der Waals surface area contributed by atoms with Crippen LogP contribution in [-0.4, -0.2) is 37.7 Å². The highest BCUT2D eigenvalue weighted by atomic mass is 35.5. The summed E-state index contributed by atoms with van der Waals surface area (Å²) in [4.78, 5) is 12.8. The van der Waals surface area contributed by atoms with E-state index in [1.807, 2.05) is 24.3 Å². The third kappa shape index (κ3) is 6.87. The second-order valence-corrected chi connectivity index (χ2v) is 7.67. The van der Waals surface area contributed by atoms with Gasteiger partial charge >= 0.3 is 5.97 Å². The highest BCUT2D eigenvalue weighted by Gasteiger charge is 2.24. The maximum atomic E-state index is 12.8. The van der Waals surface area contributed by atoms with Gasteiger partial charge in [-0.1, -0.05) is 13.0 Å². The van der Waals surface area contributed by atoms with Gasteiger partial charge in [0.15, 0.2) is 6.04 Å². The lowest BCUT2D eigenvalue weighted by Crippen LogP contribution is -2.28. The number of ether oxygens (including phenoxy) is 2. The molecule has 1 atom stereocenters. The summed E-state index contributed by atoms with van der Waals surface area (Å²) in [6, 6.07) is 13.1. The lowest BCUT2D eigenvalue weighted by Gasteiger charge is -2.26. The fourth-order valence-electron chi connectivity index (χ4n) is 3.67. The van der Waals surface area contributed by atoms with Crippen molar-refractivity contribution in [2.45, 2.75) is 45.2 Å². The van der Waals surface area contributed by atoms with Crippen molar-refractivity contribution in [3.63, 3.8) is 0 Å². The van der Waals surface area contributed by atoms with E-state index in [-0.39, 0.29) is 24.2 Å². The monoisotopic (exact) mass is 460 g/mol. The number of esters is 1. The van der Waals surface area contributed by atoms with Crippen LogP contribution in [0, 0.1) is 5.41 Å². The average molecular weight is 461 g/mol. The number of benzene rings is 2. The first-order chi connectivity index (χ1) is 15.0. The molecule has 1 unspecified atom stereocenters. The number of nitrogens with one attached hydrogen (secondary N) is 3. The molecule has 0 amide bonds. The molecule has 0 aliphatic carbocycles. The van der Waals surface area contributed by atoms with Gasteiger partial charge in [0.05, 0.1) is 6.61 Å². The van der Waals surface area contributed by atoms with Crippen molar-refractivity contribution in [1.29, 1.82) is 5.41 Å². The van der Waals surface area contributed by atoms with Crippen LogP contribution in [-0.2, 0) is 20.7 Å². The van der Waals surface area contributed by atoms with Crippen molar-refractivity contribution >= 4 is 35.6 Å². The van der Waals surface area contributed by atoms with Crippen molar-refractivity contribution < 1.29 is 14.3 Å². The van der Waals surface area contributed by atoms with E-state index in [4.69, 9.17) is 20.6 Å². The highest BCUT2D eigenvalue weighted by Crippen LogP contribution is 2.27. The average Bonchev–Trinajstić information content (AvgIpc) is 2.78. The Labute approximate surface area is 196 Å². The van der Waals surface area contributed by atoms with Gasteiger partial charge < -0.3 is 25.8 Å². The van der Waals surface area contributed by atoms with Crippen LogP contribution in [0.25, 0.3) is 0 Å². The van der Waals surface area contributed by atoms with Crippen LogP contribution >= 0.6 is 12.4 Å². The summed E-state index contributed by atoms with van der Waals surface area (Å²) in [5.41, 5.74) is 9.93. The molecular formula is C24H33ClN4O3. The molecule has 1 aliphatic heterocycles. The van der Waals surface area contributed by atoms with Crippen molar-refractivity contribution in [2.24, 2.45) is 5.73 Å². The quantitative estimate of drug-likeness (QED) is 0.253. The number of rotatable bonds is 9.